The van der Waals surface area contributed by atoms with Gasteiger partial charge in [0.25, 0.3) is 0 Å². The van der Waals surface area contributed by atoms with Gasteiger partial charge in [-0.25, -0.2) is 0 Å². The average molecular weight is 493 g/mol. The lowest BCUT2D eigenvalue weighted by Crippen LogP contribution is -2.36. The van der Waals surface area contributed by atoms with E-state index >= 15 is 0 Å². The van der Waals surface area contributed by atoms with Crippen LogP contribution in [0.5, 0.6) is 5.75 Å². The normalized spacial score (nSPS) is 12.6. The molecule has 0 aliphatic heterocycles. The molecule has 7 nitrogen and oxygen atoms in total. The number of ether oxygens (including phenoxy) is 3. The summed E-state index contributed by atoms with van der Waals surface area (Å²) in [5.41, 5.74) is 3.41. The molecular weight excluding hydrogens is 456 g/mol. The van der Waals surface area contributed by atoms with Crippen LogP contribution in [0.2, 0.25) is 0 Å². The molecule has 0 spiro atoms. The van der Waals surface area contributed by atoms with Crippen LogP contribution in [0, 0.1) is 0 Å². The molecule has 0 saturated heterocycles. The minimum Gasteiger partial charge on any atom is -0.491 e. The van der Waals surface area contributed by atoms with E-state index in [2.05, 4.69) is 45.9 Å². The molecule has 4 aromatic rings. The number of aliphatic hydroxyl groups is 2. The maximum absolute atomic E-state index is 11.1. The molecule has 0 aliphatic rings. The first-order valence-electron chi connectivity index (χ1n) is 12.4. The number of aliphatic hydroxyl groups excluding tert-OH is 2. The van der Waals surface area contributed by atoms with Gasteiger partial charge in [0.05, 0.1) is 39.1 Å². The van der Waals surface area contributed by atoms with Crippen molar-refractivity contribution in [2.45, 2.75) is 19.2 Å². The fourth-order valence-electron chi connectivity index (χ4n) is 4.56. The summed E-state index contributed by atoms with van der Waals surface area (Å²) in [4.78, 5) is 2.22. The van der Waals surface area contributed by atoms with E-state index < -0.39 is 6.10 Å². The standard InChI is InChI=1S/C29H36N2O5/c1-34-16-14-30(20-23-10-12-25(13-11-23)36-19-18-35-17-15-32)21-24(33)22-31-28-8-4-2-6-26(28)27-7-3-5-9-29(27)31/h2-13,24,32-33H,14-22H2,1H3. The Balaban J connectivity index is 1.39. The monoisotopic (exact) mass is 492 g/mol. The van der Waals surface area contributed by atoms with Crippen LogP contribution in [0.25, 0.3) is 21.8 Å². The molecule has 1 heterocycles. The highest BCUT2D eigenvalue weighted by Gasteiger charge is 2.17. The molecule has 36 heavy (non-hydrogen) atoms. The number of hydrogen-bond acceptors (Lipinski definition) is 6. The topological polar surface area (TPSA) is 76.3 Å². The van der Waals surface area contributed by atoms with Crippen LogP contribution in [0.1, 0.15) is 5.56 Å². The number of rotatable bonds is 15. The van der Waals surface area contributed by atoms with Crippen molar-refractivity contribution >= 4 is 21.8 Å². The number of para-hydroxylation sites is 2. The van der Waals surface area contributed by atoms with Gasteiger partial charge in [0.2, 0.25) is 0 Å². The Hall–Kier alpha value is -2.94. The molecule has 1 unspecified atom stereocenters. The predicted octanol–water partition coefficient (Wildman–Crippen LogP) is 3.69. The van der Waals surface area contributed by atoms with Crippen molar-refractivity contribution in [1.29, 1.82) is 0 Å². The summed E-state index contributed by atoms with van der Waals surface area (Å²) in [6.07, 6.45) is -0.539. The lowest BCUT2D eigenvalue weighted by atomic mass is 10.2. The first kappa shape index (κ1) is 26.1. The Labute approximate surface area is 212 Å². The fraction of sp³-hybridized carbons (Fsp3) is 0.379. The number of methoxy groups -OCH3 is 1. The molecule has 0 amide bonds. The zero-order chi connectivity index (χ0) is 25.2. The maximum Gasteiger partial charge on any atom is 0.119 e. The van der Waals surface area contributed by atoms with Crippen molar-refractivity contribution < 1.29 is 24.4 Å². The predicted molar refractivity (Wildman–Crippen MR) is 142 cm³/mol. The highest BCUT2D eigenvalue weighted by Crippen LogP contribution is 2.29. The summed E-state index contributed by atoms with van der Waals surface area (Å²) >= 11 is 0. The van der Waals surface area contributed by atoms with Gasteiger partial charge < -0.3 is 29.0 Å². The molecule has 4 rings (SSSR count). The van der Waals surface area contributed by atoms with E-state index in [1.165, 1.54) is 10.8 Å². The maximum atomic E-state index is 11.1. The Morgan fingerprint density at radius 1 is 0.833 bits per heavy atom. The van der Waals surface area contributed by atoms with E-state index in [4.69, 9.17) is 19.3 Å². The summed E-state index contributed by atoms with van der Waals surface area (Å²) in [6.45, 7) is 4.29. The Kier molecular flexibility index (Phi) is 9.72. The summed E-state index contributed by atoms with van der Waals surface area (Å²) in [7, 11) is 1.70. The van der Waals surface area contributed by atoms with Crippen LogP contribution in [-0.4, -0.2) is 79.0 Å². The number of fused-ring (bicyclic) bond motifs is 3. The molecule has 0 bridgehead atoms. The van der Waals surface area contributed by atoms with E-state index in [0.717, 1.165) is 28.9 Å². The van der Waals surface area contributed by atoms with Gasteiger partial charge in [0.1, 0.15) is 12.4 Å². The second-order valence-electron chi connectivity index (χ2n) is 8.86. The van der Waals surface area contributed by atoms with Gasteiger partial charge in [-0.3, -0.25) is 4.90 Å². The third-order valence-corrected chi connectivity index (χ3v) is 6.22. The smallest absolute Gasteiger partial charge is 0.119 e. The number of hydrogen-bond donors (Lipinski definition) is 2. The van der Waals surface area contributed by atoms with Crippen LogP contribution < -0.4 is 4.74 Å². The Bertz CT molecular complexity index is 1150. The number of nitrogens with zero attached hydrogens (tertiary/aromatic N) is 2. The highest BCUT2D eigenvalue weighted by molar-refractivity contribution is 6.07. The first-order chi connectivity index (χ1) is 17.7. The second kappa shape index (κ2) is 13.4. The molecule has 192 valence electrons. The highest BCUT2D eigenvalue weighted by atomic mass is 16.5. The van der Waals surface area contributed by atoms with Crippen LogP contribution in [-0.2, 0) is 22.6 Å². The first-order valence-corrected chi connectivity index (χ1v) is 12.4. The quantitative estimate of drug-likeness (QED) is 0.247. The van der Waals surface area contributed by atoms with Gasteiger partial charge in [-0.2, -0.15) is 0 Å². The summed E-state index contributed by atoms with van der Waals surface area (Å²) < 4.78 is 18.5. The molecule has 3 aromatic carbocycles. The summed E-state index contributed by atoms with van der Waals surface area (Å²) in [5.74, 6) is 0.779. The lowest BCUT2D eigenvalue weighted by Gasteiger charge is -2.25. The van der Waals surface area contributed by atoms with Crippen molar-refractivity contribution in [3.63, 3.8) is 0 Å². The van der Waals surface area contributed by atoms with Crippen LogP contribution in [0.4, 0.5) is 0 Å². The Morgan fingerprint density at radius 3 is 2.14 bits per heavy atom. The third-order valence-electron chi connectivity index (χ3n) is 6.22. The van der Waals surface area contributed by atoms with Crippen LogP contribution >= 0.6 is 0 Å². The molecule has 0 fully saturated rings. The van der Waals surface area contributed by atoms with Gasteiger partial charge in [0.15, 0.2) is 0 Å². The zero-order valence-electron chi connectivity index (χ0n) is 20.9. The molecule has 0 saturated carbocycles. The second-order valence-corrected chi connectivity index (χ2v) is 8.86. The Morgan fingerprint density at radius 2 is 1.50 bits per heavy atom. The molecule has 0 aliphatic carbocycles. The minimum atomic E-state index is -0.539. The van der Waals surface area contributed by atoms with E-state index in [-0.39, 0.29) is 6.61 Å². The third kappa shape index (κ3) is 6.84. The molecule has 1 aromatic heterocycles. The van der Waals surface area contributed by atoms with E-state index in [9.17, 15) is 5.11 Å². The molecule has 1 atom stereocenters. The minimum absolute atomic E-state index is 0.0155. The summed E-state index contributed by atoms with van der Waals surface area (Å²) in [5, 5.41) is 22.3. The molecule has 0 radical (unpaired) electrons. The van der Waals surface area contributed by atoms with Crippen molar-refractivity contribution in [2.75, 3.05) is 53.2 Å². The molecule has 7 heteroatoms. The van der Waals surface area contributed by atoms with Crippen LogP contribution in [0.3, 0.4) is 0 Å². The van der Waals surface area contributed by atoms with E-state index in [0.29, 0.717) is 46.1 Å². The lowest BCUT2D eigenvalue weighted by molar-refractivity contribution is 0.0704. The van der Waals surface area contributed by atoms with Crippen molar-refractivity contribution in [3.8, 4) is 5.75 Å². The van der Waals surface area contributed by atoms with Crippen molar-refractivity contribution in [3.05, 3.63) is 78.4 Å². The van der Waals surface area contributed by atoms with Gasteiger partial charge in [-0.15, -0.1) is 0 Å². The van der Waals surface area contributed by atoms with E-state index in [1.807, 2.05) is 36.4 Å². The molecule has 2 N–H and O–H groups in total. The van der Waals surface area contributed by atoms with E-state index in [1.54, 1.807) is 7.11 Å². The van der Waals surface area contributed by atoms with Gasteiger partial charge in [-0.1, -0.05) is 48.5 Å². The van der Waals surface area contributed by atoms with Crippen molar-refractivity contribution in [1.82, 2.24) is 9.47 Å². The average Bonchev–Trinajstić information content (AvgIpc) is 3.21. The van der Waals surface area contributed by atoms with Gasteiger partial charge >= 0.3 is 0 Å². The number of aromatic nitrogens is 1. The van der Waals surface area contributed by atoms with Crippen LogP contribution in [0.15, 0.2) is 72.8 Å². The largest absolute Gasteiger partial charge is 0.491 e. The number of benzene rings is 3. The van der Waals surface area contributed by atoms with Crippen molar-refractivity contribution in [2.24, 2.45) is 0 Å². The van der Waals surface area contributed by atoms with Gasteiger partial charge in [0, 0.05) is 48.5 Å². The SMILES string of the molecule is COCCN(Cc1ccc(OCCOCCO)cc1)CC(O)Cn1c2ccccc2c2ccccc21. The van der Waals surface area contributed by atoms with Gasteiger partial charge in [-0.05, 0) is 29.8 Å². The fourth-order valence-corrected chi connectivity index (χ4v) is 4.56. The molecular formula is C29H36N2O5. The summed E-state index contributed by atoms with van der Waals surface area (Å²) in [6, 6.07) is 24.7. The zero-order valence-corrected chi connectivity index (χ0v) is 20.9.